The first-order chi connectivity index (χ1) is 12.0. The summed E-state index contributed by atoms with van der Waals surface area (Å²) in [4.78, 5) is 0. The van der Waals surface area contributed by atoms with Gasteiger partial charge in [-0.15, -0.1) is 5.10 Å². The normalized spacial score (nSPS) is 12.0. The molecule has 0 bridgehead atoms. The monoisotopic (exact) mass is 331 g/mol. The molecule has 0 amide bonds. The van der Waals surface area contributed by atoms with Crippen LogP contribution in [0.2, 0.25) is 0 Å². The molecule has 0 radical (unpaired) electrons. The Morgan fingerprint density at radius 3 is 2.48 bits per heavy atom. The zero-order valence-electron chi connectivity index (χ0n) is 14.7. The van der Waals surface area contributed by atoms with Crippen LogP contribution in [-0.2, 0) is 12.0 Å². The van der Waals surface area contributed by atoms with Crippen molar-refractivity contribution in [2.24, 2.45) is 0 Å². The number of nitrogens with zero attached hydrogens (tertiary/aromatic N) is 5. The van der Waals surface area contributed by atoms with Crippen LogP contribution in [0, 0.1) is 0 Å². The van der Waals surface area contributed by atoms with Crippen LogP contribution in [0.5, 0.6) is 0 Å². The average Bonchev–Trinajstić information content (AvgIpc) is 3.21. The summed E-state index contributed by atoms with van der Waals surface area (Å²) in [5, 5.41) is 14.0. The molecule has 126 valence electrons. The van der Waals surface area contributed by atoms with Crippen molar-refractivity contribution < 1.29 is 0 Å². The molecule has 0 N–H and O–H groups in total. The highest BCUT2D eigenvalue weighted by atomic mass is 15.5. The van der Waals surface area contributed by atoms with E-state index in [1.165, 1.54) is 11.1 Å². The van der Waals surface area contributed by atoms with Gasteiger partial charge in [0.2, 0.25) is 0 Å². The lowest BCUT2D eigenvalue weighted by Gasteiger charge is -2.19. The quantitative estimate of drug-likeness (QED) is 0.571. The molecule has 0 spiro atoms. The second-order valence-corrected chi connectivity index (χ2v) is 7.34. The standard InChI is InChI=1S/C20H21N5/c1-20(2,3)17-10-8-15(9-11-17)13-24-14-19(22-23-24)25-18-7-5-4-6-16(18)12-21-25/h4-12,14H,13H2,1-3H3. The van der Waals surface area contributed by atoms with Crippen molar-refractivity contribution >= 4 is 10.9 Å². The number of benzene rings is 2. The molecule has 5 heteroatoms. The fourth-order valence-electron chi connectivity index (χ4n) is 2.91. The molecule has 2 aromatic carbocycles. The van der Waals surface area contributed by atoms with Gasteiger partial charge in [-0.1, -0.05) is 68.4 Å². The molecule has 0 aliphatic carbocycles. The van der Waals surface area contributed by atoms with Gasteiger partial charge in [-0.25, -0.2) is 9.36 Å². The molecule has 0 aliphatic rings. The Bertz CT molecular complexity index is 1000. The third kappa shape index (κ3) is 3.05. The van der Waals surface area contributed by atoms with Gasteiger partial charge < -0.3 is 0 Å². The summed E-state index contributed by atoms with van der Waals surface area (Å²) in [6.07, 6.45) is 3.77. The Kier molecular flexibility index (Phi) is 3.64. The van der Waals surface area contributed by atoms with Crippen molar-refractivity contribution in [3.05, 3.63) is 72.1 Å². The molecule has 0 fully saturated rings. The number of rotatable bonds is 3. The maximum Gasteiger partial charge on any atom is 0.196 e. The molecule has 0 saturated carbocycles. The van der Waals surface area contributed by atoms with Crippen molar-refractivity contribution in [1.29, 1.82) is 0 Å². The molecule has 4 aromatic rings. The predicted octanol–water partition coefficient (Wildman–Crippen LogP) is 3.96. The van der Waals surface area contributed by atoms with Crippen LogP contribution in [0.25, 0.3) is 16.7 Å². The molecular weight excluding hydrogens is 310 g/mol. The highest BCUT2D eigenvalue weighted by molar-refractivity contribution is 5.79. The smallest absolute Gasteiger partial charge is 0.196 e. The third-order valence-corrected chi connectivity index (χ3v) is 4.39. The van der Waals surface area contributed by atoms with Crippen molar-refractivity contribution in [2.45, 2.75) is 32.7 Å². The molecule has 4 rings (SSSR count). The van der Waals surface area contributed by atoms with Crippen LogP contribution in [0.3, 0.4) is 0 Å². The van der Waals surface area contributed by atoms with Gasteiger partial charge in [-0.2, -0.15) is 5.10 Å². The van der Waals surface area contributed by atoms with Gasteiger partial charge >= 0.3 is 0 Å². The minimum atomic E-state index is 0.167. The Labute approximate surface area is 146 Å². The van der Waals surface area contributed by atoms with Gasteiger partial charge in [0.25, 0.3) is 0 Å². The van der Waals surface area contributed by atoms with E-state index in [1.807, 2.05) is 46.0 Å². The summed E-state index contributed by atoms with van der Waals surface area (Å²) in [5.41, 5.74) is 3.73. The number of hydrogen-bond donors (Lipinski definition) is 0. The fraction of sp³-hybridized carbons (Fsp3) is 0.250. The van der Waals surface area contributed by atoms with E-state index >= 15 is 0 Å². The van der Waals surface area contributed by atoms with E-state index in [1.54, 1.807) is 0 Å². The Morgan fingerprint density at radius 1 is 0.960 bits per heavy atom. The molecular formula is C20H21N5. The lowest BCUT2D eigenvalue weighted by molar-refractivity contribution is 0.589. The SMILES string of the molecule is CC(C)(C)c1ccc(Cn2cc(-n3ncc4ccccc43)nn2)cc1. The molecule has 5 nitrogen and oxygen atoms in total. The van der Waals surface area contributed by atoms with Crippen LogP contribution >= 0.6 is 0 Å². The van der Waals surface area contributed by atoms with E-state index in [0.29, 0.717) is 6.54 Å². The summed E-state index contributed by atoms with van der Waals surface area (Å²) in [5.74, 6) is 0.729. The summed E-state index contributed by atoms with van der Waals surface area (Å²) in [7, 11) is 0. The van der Waals surface area contributed by atoms with Gasteiger partial charge in [0.15, 0.2) is 5.82 Å². The minimum absolute atomic E-state index is 0.167. The van der Waals surface area contributed by atoms with E-state index in [9.17, 15) is 0 Å². The Morgan fingerprint density at radius 2 is 1.72 bits per heavy atom. The molecule has 0 unspecified atom stereocenters. The van der Waals surface area contributed by atoms with E-state index in [4.69, 9.17) is 0 Å². The first-order valence-corrected chi connectivity index (χ1v) is 8.43. The van der Waals surface area contributed by atoms with Gasteiger partial charge in [0.05, 0.1) is 24.5 Å². The Balaban J connectivity index is 1.57. The van der Waals surface area contributed by atoms with Gasteiger partial charge in [0.1, 0.15) is 0 Å². The van der Waals surface area contributed by atoms with Crippen molar-refractivity contribution in [3.8, 4) is 5.82 Å². The second kappa shape index (κ2) is 5.84. The summed E-state index contributed by atoms with van der Waals surface area (Å²) < 4.78 is 3.67. The summed E-state index contributed by atoms with van der Waals surface area (Å²) >= 11 is 0. The summed E-state index contributed by atoms with van der Waals surface area (Å²) in [6.45, 7) is 7.36. The first-order valence-electron chi connectivity index (χ1n) is 8.43. The maximum absolute atomic E-state index is 4.43. The zero-order chi connectivity index (χ0) is 17.4. The van der Waals surface area contributed by atoms with Gasteiger partial charge in [0, 0.05) is 5.39 Å². The van der Waals surface area contributed by atoms with Gasteiger partial charge in [-0.05, 0) is 22.6 Å². The average molecular weight is 331 g/mol. The summed E-state index contributed by atoms with van der Waals surface area (Å²) in [6, 6.07) is 16.8. The van der Waals surface area contributed by atoms with E-state index < -0.39 is 0 Å². The topological polar surface area (TPSA) is 48.5 Å². The number of aromatic nitrogens is 5. The van der Waals surface area contributed by atoms with Crippen LogP contribution in [-0.4, -0.2) is 24.8 Å². The van der Waals surface area contributed by atoms with Crippen LogP contribution in [0.15, 0.2) is 60.9 Å². The fourth-order valence-corrected chi connectivity index (χ4v) is 2.91. The maximum atomic E-state index is 4.43. The zero-order valence-corrected chi connectivity index (χ0v) is 14.7. The second-order valence-electron chi connectivity index (χ2n) is 7.34. The molecule has 0 atom stereocenters. The molecule has 2 heterocycles. The van der Waals surface area contributed by atoms with E-state index in [-0.39, 0.29) is 5.41 Å². The van der Waals surface area contributed by atoms with Gasteiger partial charge in [-0.3, -0.25) is 0 Å². The molecule has 2 aromatic heterocycles. The van der Waals surface area contributed by atoms with Crippen molar-refractivity contribution in [3.63, 3.8) is 0 Å². The molecule has 25 heavy (non-hydrogen) atoms. The first kappa shape index (κ1) is 15.6. The van der Waals surface area contributed by atoms with Crippen LogP contribution in [0.4, 0.5) is 0 Å². The minimum Gasteiger partial charge on any atom is -0.246 e. The van der Waals surface area contributed by atoms with Crippen LogP contribution in [0.1, 0.15) is 31.9 Å². The van der Waals surface area contributed by atoms with E-state index in [2.05, 4.69) is 60.4 Å². The molecule has 0 saturated heterocycles. The number of para-hydroxylation sites is 1. The van der Waals surface area contributed by atoms with Crippen molar-refractivity contribution in [2.75, 3.05) is 0 Å². The van der Waals surface area contributed by atoms with Crippen LogP contribution < -0.4 is 0 Å². The molecule has 0 aliphatic heterocycles. The van der Waals surface area contributed by atoms with Crippen molar-refractivity contribution in [1.82, 2.24) is 24.8 Å². The highest BCUT2D eigenvalue weighted by Crippen LogP contribution is 2.22. The van der Waals surface area contributed by atoms with E-state index in [0.717, 1.165) is 16.7 Å². The Hall–Kier alpha value is -2.95. The lowest BCUT2D eigenvalue weighted by Crippen LogP contribution is -2.11. The third-order valence-electron chi connectivity index (χ3n) is 4.39. The largest absolute Gasteiger partial charge is 0.246 e. The number of fused-ring (bicyclic) bond motifs is 1. The number of hydrogen-bond acceptors (Lipinski definition) is 3. The lowest BCUT2D eigenvalue weighted by atomic mass is 9.87. The predicted molar refractivity (Wildman–Crippen MR) is 98.9 cm³/mol. The highest BCUT2D eigenvalue weighted by Gasteiger charge is 2.13.